The minimum absolute atomic E-state index is 0.0209. The molecule has 1 heterocycles. The van der Waals surface area contributed by atoms with E-state index in [1.807, 2.05) is 18.2 Å². The summed E-state index contributed by atoms with van der Waals surface area (Å²) in [5, 5.41) is 0.725. The Labute approximate surface area is 120 Å². The Kier molecular flexibility index (Phi) is 3.46. The molecule has 1 aliphatic carbocycles. The van der Waals surface area contributed by atoms with E-state index in [1.54, 1.807) is 11.3 Å². The first-order chi connectivity index (χ1) is 9.20. The molecule has 2 aromatic rings. The number of para-hydroxylation sites is 1. The van der Waals surface area contributed by atoms with Crippen LogP contribution in [0.25, 0.3) is 10.2 Å². The molecular formula is C14H15ClN2OS. The Morgan fingerprint density at radius 3 is 3.00 bits per heavy atom. The van der Waals surface area contributed by atoms with Gasteiger partial charge in [0.1, 0.15) is 0 Å². The molecular weight excluding hydrogens is 280 g/mol. The highest BCUT2D eigenvalue weighted by Gasteiger charge is 2.29. The van der Waals surface area contributed by atoms with Crippen LogP contribution in [0.4, 0.5) is 0 Å². The van der Waals surface area contributed by atoms with Crippen molar-refractivity contribution in [3.63, 3.8) is 0 Å². The maximum absolute atomic E-state index is 11.9. The van der Waals surface area contributed by atoms with E-state index in [9.17, 15) is 4.79 Å². The molecule has 3 nitrogen and oxygen atoms in total. The maximum atomic E-state index is 11.9. The van der Waals surface area contributed by atoms with Crippen LogP contribution in [0.5, 0.6) is 0 Å². The minimum atomic E-state index is 0.0209. The number of hydrogen-bond acceptors (Lipinski definition) is 2. The van der Waals surface area contributed by atoms with Crippen LogP contribution in [0.1, 0.15) is 26.2 Å². The number of halogens is 1. The Morgan fingerprint density at radius 1 is 1.53 bits per heavy atom. The van der Waals surface area contributed by atoms with E-state index in [0.717, 1.165) is 45.8 Å². The molecule has 0 spiro atoms. The van der Waals surface area contributed by atoms with Crippen molar-refractivity contribution in [3.05, 3.63) is 28.0 Å². The molecule has 5 heteroatoms. The predicted molar refractivity (Wildman–Crippen MR) is 78.4 cm³/mol. The second-order valence-corrected chi connectivity index (χ2v) is 6.26. The van der Waals surface area contributed by atoms with Crippen molar-refractivity contribution in [1.82, 2.24) is 4.57 Å². The van der Waals surface area contributed by atoms with Gasteiger partial charge < -0.3 is 4.57 Å². The highest BCUT2D eigenvalue weighted by atomic mass is 35.5. The highest BCUT2D eigenvalue weighted by molar-refractivity contribution is 7.16. The summed E-state index contributed by atoms with van der Waals surface area (Å²) in [6, 6.07) is 5.85. The maximum Gasteiger partial charge on any atom is 0.251 e. The highest BCUT2D eigenvalue weighted by Crippen LogP contribution is 2.30. The topological polar surface area (TPSA) is 34.4 Å². The van der Waals surface area contributed by atoms with Gasteiger partial charge in [0, 0.05) is 12.5 Å². The van der Waals surface area contributed by atoms with Crippen molar-refractivity contribution < 1.29 is 4.79 Å². The molecule has 100 valence electrons. The Balaban J connectivity index is 2.20. The molecule has 0 unspecified atom stereocenters. The monoisotopic (exact) mass is 294 g/mol. The summed E-state index contributed by atoms with van der Waals surface area (Å²) in [6.07, 6.45) is 2.96. The lowest BCUT2D eigenvalue weighted by molar-refractivity contribution is -0.119. The van der Waals surface area contributed by atoms with Crippen LogP contribution in [0.3, 0.4) is 0 Å². The fraction of sp³-hybridized carbons (Fsp3) is 0.429. The van der Waals surface area contributed by atoms with E-state index in [4.69, 9.17) is 11.6 Å². The second kappa shape index (κ2) is 5.10. The predicted octanol–water partition coefficient (Wildman–Crippen LogP) is 3.60. The van der Waals surface area contributed by atoms with Gasteiger partial charge in [0.05, 0.1) is 15.2 Å². The quantitative estimate of drug-likeness (QED) is 0.851. The summed E-state index contributed by atoms with van der Waals surface area (Å²) in [6.45, 7) is 2.94. The zero-order valence-electron chi connectivity index (χ0n) is 10.7. The van der Waals surface area contributed by atoms with Crippen LogP contribution >= 0.6 is 22.9 Å². The fourth-order valence-electron chi connectivity index (χ4n) is 2.12. The molecule has 0 bridgehead atoms. The van der Waals surface area contributed by atoms with Crippen LogP contribution in [-0.2, 0) is 11.3 Å². The van der Waals surface area contributed by atoms with Crippen LogP contribution in [0, 0.1) is 5.92 Å². The zero-order chi connectivity index (χ0) is 13.4. The first kappa shape index (κ1) is 12.9. The lowest BCUT2D eigenvalue weighted by atomic mass is 10.3. The van der Waals surface area contributed by atoms with Gasteiger partial charge in [-0.05, 0) is 31.4 Å². The molecule has 1 aliphatic rings. The number of carbonyl (C=O) groups excluding carboxylic acids is 1. The summed E-state index contributed by atoms with van der Waals surface area (Å²) < 4.78 is 3.16. The van der Waals surface area contributed by atoms with Crippen LogP contribution in [0.2, 0.25) is 5.02 Å². The smallest absolute Gasteiger partial charge is 0.251 e. The molecule has 1 fully saturated rings. The molecule has 0 saturated heterocycles. The first-order valence-corrected chi connectivity index (χ1v) is 7.76. The van der Waals surface area contributed by atoms with Gasteiger partial charge in [0.15, 0.2) is 4.80 Å². The number of aromatic nitrogens is 1. The SMILES string of the molecule is CCCn1c(=NC(=O)C2CC2)sc2cccc(Cl)c21. The minimum Gasteiger partial charge on any atom is -0.315 e. The summed E-state index contributed by atoms with van der Waals surface area (Å²) in [7, 11) is 0. The standard InChI is InChI=1S/C14H15ClN2OS/c1-2-8-17-12-10(15)4-3-5-11(12)19-14(17)16-13(18)9-6-7-9/h3-5,9H,2,6-8H2,1H3. The molecule has 19 heavy (non-hydrogen) atoms. The summed E-state index contributed by atoms with van der Waals surface area (Å²) >= 11 is 7.82. The fourth-order valence-corrected chi connectivity index (χ4v) is 3.54. The number of aryl methyl sites for hydroxylation is 1. The molecule has 1 aromatic heterocycles. The molecule has 0 aliphatic heterocycles. The van der Waals surface area contributed by atoms with Crippen LogP contribution in [0.15, 0.2) is 23.2 Å². The van der Waals surface area contributed by atoms with Gasteiger partial charge >= 0.3 is 0 Å². The van der Waals surface area contributed by atoms with E-state index < -0.39 is 0 Å². The lowest BCUT2D eigenvalue weighted by Crippen LogP contribution is -2.17. The van der Waals surface area contributed by atoms with Crippen molar-refractivity contribution in [2.75, 3.05) is 0 Å². The zero-order valence-corrected chi connectivity index (χ0v) is 12.3. The van der Waals surface area contributed by atoms with Crippen molar-refractivity contribution in [1.29, 1.82) is 0 Å². The van der Waals surface area contributed by atoms with Gasteiger partial charge in [0.25, 0.3) is 5.91 Å². The van der Waals surface area contributed by atoms with Gasteiger partial charge in [-0.2, -0.15) is 4.99 Å². The van der Waals surface area contributed by atoms with E-state index in [0.29, 0.717) is 0 Å². The third kappa shape index (κ3) is 2.47. The van der Waals surface area contributed by atoms with E-state index in [2.05, 4.69) is 16.5 Å². The number of carbonyl (C=O) groups is 1. The summed E-state index contributed by atoms with van der Waals surface area (Å²) in [5.74, 6) is 0.184. The van der Waals surface area contributed by atoms with Crippen molar-refractivity contribution >= 4 is 39.1 Å². The molecule has 1 amide bonds. The van der Waals surface area contributed by atoms with Crippen molar-refractivity contribution in [3.8, 4) is 0 Å². The Bertz CT molecular complexity index is 697. The summed E-state index contributed by atoms with van der Waals surface area (Å²) in [5.41, 5.74) is 0.998. The molecule has 1 saturated carbocycles. The average Bonchev–Trinajstić information content (AvgIpc) is 3.16. The number of amides is 1. The van der Waals surface area contributed by atoms with Gasteiger partial charge in [-0.15, -0.1) is 0 Å². The number of nitrogens with zero attached hydrogens (tertiary/aromatic N) is 2. The number of benzene rings is 1. The lowest BCUT2D eigenvalue weighted by Gasteiger charge is -2.03. The molecule has 0 N–H and O–H groups in total. The number of fused-ring (bicyclic) bond motifs is 1. The third-order valence-corrected chi connectivity index (χ3v) is 4.58. The normalized spacial score (nSPS) is 16.2. The second-order valence-electron chi connectivity index (χ2n) is 4.85. The average molecular weight is 295 g/mol. The van der Waals surface area contributed by atoms with Gasteiger partial charge in [-0.3, -0.25) is 4.79 Å². The molecule has 0 atom stereocenters. The van der Waals surface area contributed by atoms with Crippen LogP contribution in [-0.4, -0.2) is 10.5 Å². The number of hydrogen-bond donors (Lipinski definition) is 0. The van der Waals surface area contributed by atoms with E-state index >= 15 is 0 Å². The third-order valence-electron chi connectivity index (χ3n) is 3.23. The van der Waals surface area contributed by atoms with Gasteiger partial charge in [-0.25, -0.2) is 0 Å². The van der Waals surface area contributed by atoms with Crippen molar-refractivity contribution in [2.45, 2.75) is 32.7 Å². The van der Waals surface area contributed by atoms with Gasteiger partial charge in [-0.1, -0.05) is 35.9 Å². The first-order valence-electron chi connectivity index (χ1n) is 6.57. The summed E-state index contributed by atoms with van der Waals surface area (Å²) in [4.78, 5) is 17.0. The van der Waals surface area contributed by atoms with E-state index in [-0.39, 0.29) is 11.8 Å². The molecule has 0 radical (unpaired) electrons. The largest absolute Gasteiger partial charge is 0.315 e. The van der Waals surface area contributed by atoms with Crippen LogP contribution < -0.4 is 4.80 Å². The Hall–Kier alpha value is -1.13. The van der Waals surface area contributed by atoms with E-state index in [1.165, 1.54) is 0 Å². The number of rotatable bonds is 3. The molecule has 3 rings (SSSR count). The van der Waals surface area contributed by atoms with Gasteiger partial charge in [0.2, 0.25) is 0 Å². The number of thiazole rings is 1. The Morgan fingerprint density at radius 2 is 2.32 bits per heavy atom. The van der Waals surface area contributed by atoms with Crippen molar-refractivity contribution in [2.24, 2.45) is 10.9 Å². The molecule has 1 aromatic carbocycles.